The Morgan fingerprint density at radius 1 is 1.29 bits per heavy atom. The second-order valence-corrected chi connectivity index (χ2v) is 7.97. The highest BCUT2D eigenvalue weighted by Gasteiger charge is 2.34. The Kier molecular flexibility index (Phi) is 3.97. The summed E-state index contributed by atoms with van der Waals surface area (Å²) in [5.41, 5.74) is 2.86. The number of aryl methyl sites for hydroxylation is 3. The number of sulfonamides is 1. The third kappa shape index (κ3) is 2.61. The zero-order chi connectivity index (χ0) is 17.6. The highest BCUT2D eigenvalue weighted by atomic mass is 32.2. The zero-order valence-electron chi connectivity index (χ0n) is 13.8. The molecule has 1 aromatic carbocycles. The first-order valence-electron chi connectivity index (χ1n) is 7.57. The number of rotatable bonds is 3. The number of hydrogen-bond acceptors (Lipinski definition) is 4. The summed E-state index contributed by atoms with van der Waals surface area (Å²) in [6, 6.07) is 5.20. The van der Waals surface area contributed by atoms with E-state index in [1.165, 1.54) is 8.99 Å². The fraction of sp³-hybridized carbons (Fsp3) is 0.375. The van der Waals surface area contributed by atoms with Gasteiger partial charge in [-0.05, 0) is 25.5 Å². The van der Waals surface area contributed by atoms with Crippen LogP contribution in [-0.4, -0.2) is 40.1 Å². The van der Waals surface area contributed by atoms with Gasteiger partial charge >= 0.3 is 5.97 Å². The van der Waals surface area contributed by atoms with Gasteiger partial charge in [0.2, 0.25) is 10.0 Å². The molecule has 1 aliphatic heterocycles. The molecule has 0 fully saturated rings. The molecule has 7 nitrogen and oxygen atoms in total. The SMILES string of the molecule is Cc1ccc(S(=O)(=O)N2CCc3c(c(C(=O)O)nn3C)C2)c(C)c1. The molecule has 1 N–H and O–H groups in total. The van der Waals surface area contributed by atoms with Gasteiger partial charge in [0.25, 0.3) is 0 Å². The molecular formula is C16H19N3O4S. The van der Waals surface area contributed by atoms with Gasteiger partial charge in [-0.15, -0.1) is 0 Å². The molecule has 0 amide bonds. The van der Waals surface area contributed by atoms with Crippen molar-refractivity contribution in [1.82, 2.24) is 14.1 Å². The van der Waals surface area contributed by atoms with Crippen molar-refractivity contribution in [3.63, 3.8) is 0 Å². The molecule has 0 spiro atoms. The van der Waals surface area contributed by atoms with Gasteiger partial charge in [0.1, 0.15) is 0 Å². The minimum atomic E-state index is -3.68. The molecule has 1 aliphatic rings. The monoisotopic (exact) mass is 349 g/mol. The zero-order valence-corrected chi connectivity index (χ0v) is 14.6. The fourth-order valence-corrected chi connectivity index (χ4v) is 4.79. The Labute approximate surface area is 140 Å². The highest BCUT2D eigenvalue weighted by Crippen LogP contribution is 2.28. The number of carboxylic acid groups (broad SMARTS) is 1. The number of carbonyl (C=O) groups is 1. The maximum absolute atomic E-state index is 13.0. The fourth-order valence-electron chi connectivity index (χ4n) is 3.17. The van der Waals surface area contributed by atoms with Gasteiger partial charge in [0, 0.05) is 37.8 Å². The van der Waals surface area contributed by atoms with Crippen LogP contribution in [0.5, 0.6) is 0 Å². The van der Waals surface area contributed by atoms with E-state index in [1.54, 1.807) is 26.1 Å². The summed E-state index contributed by atoms with van der Waals surface area (Å²) in [5, 5.41) is 13.3. The van der Waals surface area contributed by atoms with Crippen molar-refractivity contribution in [2.45, 2.75) is 31.7 Å². The van der Waals surface area contributed by atoms with Crippen LogP contribution in [0.25, 0.3) is 0 Å². The first-order valence-corrected chi connectivity index (χ1v) is 9.01. The van der Waals surface area contributed by atoms with Crippen molar-refractivity contribution in [3.8, 4) is 0 Å². The first kappa shape index (κ1) is 16.7. The predicted molar refractivity (Wildman–Crippen MR) is 87.4 cm³/mol. The molecule has 128 valence electrons. The topological polar surface area (TPSA) is 92.5 Å². The largest absolute Gasteiger partial charge is 0.476 e. The lowest BCUT2D eigenvalue weighted by Crippen LogP contribution is -2.37. The van der Waals surface area contributed by atoms with Crippen molar-refractivity contribution in [2.24, 2.45) is 7.05 Å². The minimum absolute atomic E-state index is 0.0282. The molecular weight excluding hydrogens is 330 g/mol. The summed E-state index contributed by atoms with van der Waals surface area (Å²) < 4.78 is 28.8. The number of nitrogens with zero attached hydrogens (tertiary/aromatic N) is 3. The Bertz CT molecular complexity index is 931. The van der Waals surface area contributed by atoms with Gasteiger partial charge in [-0.2, -0.15) is 9.40 Å². The summed E-state index contributed by atoms with van der Waals surface area (Å²) in [6.07, 6.45) is 0.441. The maximum Gasteiger partial charge on any atom is 0.356 e. The van der Waals surface area contributed by atoms with E-state index in [1.807, 2.05) is 13.0 Å². The van der Waals surface area contributed by atoms with Crippen molar-refractivity contribution >= 4 is 16.0 Å². The molecule has 2 aromatic rings. The molecule has 2 heterocycles. The van der Waals surface area contributed by atoms with Gasteiger partial charge in [-0.25, -0.2) is 13.2 Å². The molecule has 0 unspecified atom stereocenters. The van der Waals surface area contributed by atoms with Crippen LogP contribution >= 0.6 is 0 Å². The Balaban J connectivity index is 2.02. The average Bonchev–Trinajstić information content (AvgIpc) is 2.84. The van der Waals surface area contributed by atoms with Crippen LogP contribution in [0.2, 0.25) is 0 Å². The van der Waals surface area contributed by atoms with Crippen LogP contribution in [0.15, 0.2) is 23.1 Å². The van der Waals surface area contributed by atoms with E-state index < -0.39 is 16.0 Å². The molecule has 0 saturated carbocycles. The van der Waals surface area contributed by atoms with Crippen molar-refractivity contribution < 1.29 is 18.3 Å². The number of fused-ring (bicyclic) bond motifs is 1. The first-order chi connectivity index (χ1) is 11.2. The molecule has 0 atom stereocenters. The van der Waals surface area contributed by atoms with E-state index in [0.29, 0.717) is 24.1 Å². The van der Waals surface area contributed by atoms with Crippen LogP contribution in [0.1, 0.15) is 32.9 Å². The molecule has 0 bridgehead atoms. The van der Waals surface area contributed by atoms with Gasteiger partial charge < -0.3 is 5.11 Å². The van der Waals surface area contributed by atoms with E-state index in [2.05, 4.69) is 5.10 Å². The Hall–Kier alpha value is -2.19. The van der Waals surface area contributed by atoms with Gasteiger partial charge in [-0.1, -0.05) is 17.7 Å². The lowest BCUT2D eigenvalue weighted by atomic mass is 10.1. The summed E-state index contributed by atoms with van der Waals surface area (Å²) in [7, 11) is -2.00. The second kappa shape index (κ2) is 5.71. The van der Waals surface area contributed by atoms with Gasteiger partial charge in [0.15, 0.2) is 5.69 Å². The molecule has 8 heteroatoms. The standard InChI is InChI=1S/C16H19N3O4S/c1-10-4-5-14(11(2)8-10)24(22,23)19-7-6-13-12(9-19)15(16(20)21)17-18(13)3/h4-5,8H,6-7,9H2,1-3H3,(H,20,21). The summed E-state index contributed by atoms with van der Waals surface area (Å²) in [6.45, 7) is 4.01. The molecule has 24 heavy (non-hydrogen) atoms. The lowest BCUT2D eigenvalue weighted by Gasteiger charge is -2.27. The number of benzene rings is 1. The minimum Gasteiger partial charge on any atom is -0.476 e. The molecule has 3 rings (SSSR count). The number of carboxylic acids is 1. The molecule has 0 aliphatic carbocycles. The number of hydrogen-bond donors (Lipinski definition) is 1. The van der Waals surface area contributed by atoms with Crippen molar-refractivity contribution in [3.05, 3.63) is 46.3 Å². The van der Waals surface area contributed by atoms with Crippen molar-refractivity contribution in [1.29, 1.82) is 0 Å². The Morgan fingerprint density at radius 2 is 2.00 bits per heavy atom. The second-order valence-electron chi connectivity index (χ2n) is 6.06. The molecule has 0 saturated heterocycles. The summed E-state index contributed by atoms with van der Waals surface area (Å²) >= 11 is 0. The maximum atomic E-state index is 13.0. The van der Waals surface area contributed by atoms with E-state index >= 15 is 0 Å². The van der Waals surface area contributed by atoms with Crippen LogP contribution in [0.3, 0.4) is 0 Å². The van der Waals surface area contributed by atoms with Gasteiger partial charge in [0.05, 0.1) is 4.90 Å². The molecule has 1 aromatic heterocycles. The predicted octanol–water partition coefficient (Wildman–Crippen LogP) is 1.48. The van der Waals surface area contributed by atoms with Crippen LogP contribution < -0.4 is 0 Å². The highest BCUT2D eigenvalue weighted by molar-refractivity contribution is 7.89. The number of aromatic nitrogens is 2. The quantitative estimate of drug-likeness (QED) is 0.906. The summed E-state index contributed by atoms with van der Waals surface area (Å²) in [4.78, 5) is 11.6. The Morgan fingerprint density at radius 3 is 2.62 bits per heavy atom. The van der Waals surface area contributed by atoms with Crippen LogP contribution in [0, 0.1) is 13.8 Å². The normalized spacial score (nSPS) is 15.3. The van der Waals surface area contributed by atoms with E-state index in [4.69, 9.17) is 0 Å². The number of aromatic carboxylic acids is 1. The molecule has 0 radical (unpaired) electrons. The average molecular weight is 349 g/mol. The smallest absolute Gasteiger partial charge is 0.356 e. The van der Waals surface area contributed by atoms with E-state index in [9.17, 15) is 18.3 Å². The van der Waals surface area contributed by atoms with Gasteiger partial charge in [-0.3, -0.25) is 4.68 Å². The van der Waals surface area contributed by atoms with Crippen LogP contribution in [0.4, 0.5) is 0 Å². The summed E-state index contributed by atoms with van der Waals surface area (Å²) in [5.74, 6) is -1.14. The lowest BCUT2D eigenvalue weighted by molar-refractivity contribution is 0.0687. The van der Waals surface area contributed by atoms with Crippen LogP contribution in [-0.2, 0) is 30.0 Å². The third-order valence-electron chi connectivity index (χ3n) is 4.36. The van der Waals surface area contributed by atoms with E-state index in [-0.39, 0.29) is 17.1 Å². The third-order valence-corrected chi connectivity index (χ3v) is 6.36. The van der Waals surface area contributed by atoms with E-state index in [0.717, 1.165) is 11.3 Å². The van der Waals surface area contributed by atoms with Crippen molar-refractivity contribution in [2.75, 3.05) is 6.54 Å².